The van der Waals surface area contributed by atoms with E-state index >= 15 is 0 Å². The highest BCUT2D eigenvalue weighted by atomic mass is 32.2. The molecule has 10 nitrogen and oxygen atoms in total. The van der Waals surface area contributed by atoms with E-state index < -0.39 is 10.1 Å². The normalized spacial score (nSPS) is 11.4. The summed E-state index contributed by atoms with van der Waals surface area (Å²) < 4.78 is 39.1. The number of fused-ring (bicyclic) bond motifs is 1. The van der Waals surface area contributed by atoms with Crippen LogP contribution in [0.3, 0.4) is 0 Å². The van der Waals surface area contributed by atoms with Crippen molar-refractivity contribution >= 4 is 38.3 Å². The number of hydrogen-bond acceptors (Lipinski definition) is 10. The Labute approximate surface area is 221 Å². The fourth-order valence-corrected chi connectivity index (χ4v) is 4.24. The lowest BCUT2D eigenvalue weighted by Crippen LogP contribution is -2.23. The summed E-state index contributed by atoms with van der Waals surface area (Å²) in [6.07, 6.45) is 4.61. The summed E-state index contributed by atoms with van der Waals surface area (Å²) in [6.45, 7) is 1.93. The number of pyridine rings is 1. The first-order valence-electron chi connectivity index (χ1n) is 11.8. The Kier molecular flexibility index (Phi) is 8.18. The molecule has 0 aliphatic heterocycles. The van der Waals surface area contributed by atoms with Gasteiger partial charge in [0.15, 0.2) is 5.78 Å². The van der Waals surface area contributed by atoms with E-state index in [2.05, 4.69) is 9.97 Å². The minimum Gasteiger partial charge on any atom is -0.497 e. The number of carbonyl (C=O) groups excluding carboxylic acids is 1. The Morgan fingerprint density at radius 3 is 2.32 bits per heavy atom. The number of hydrogen-bond donors (Lipinski definition) is 0. The molecule has 0 bridgehead atoms. The SMILES string of the molecule is CCC(=O)c1cc(-c2cnc3ccc(N(CCOS(C)(=O)=O)c4cc(OC)cc(OC)c4)cc3n2)ccn1. The average Bonchev–Trinajstić information content (AvgIpc) is 2.93. The molecule has 0 fully saturated rings. The van der Waals surface area contributed by atoms with Gasteiger partial charge in [-0.05, 0) is 30.3 Å². The predicted molar refractivity (Wildman–Crippen MR) is 145 cm³/mol. The van der Waals surface area contributed by atoms with Crippen molar-refractivity contribution < 1.29 is 26.9 Å². The van der Waals surface area contributed by atoms with Crippen LogP contribution in [0.2, 0.25) is 0 Å². The topological polar surface area (TPSA) is 121 Å². The van der Waals surface area contributed by atoms with Crippen LogP contribution >= 0.6 is 0 Å². The summed E-state index contributed by atoms with van der Waals surface area (Å²) in [5, 5.41) is 0. The van der Waals surface area contributed by atoms with E-state index in [1.54, 1.807) is 51.7 Å². The molecular formula is C27H28N4O6S. The Morgan fingerprint density at radius 2 is 1.66 bits per heavy atom. The maximum atomic E-state index is 12.1. The monoisotopic (exact) mass is 536 g/mol. The number of ether oxygens (including phenoxy) is 2. The first-order chi connectivity index (χ1) is 18.2. The minimum absolute atomic E-state index is 0.0523. The van der Waals surface area contributed by atoms with Crippen LogP contribution in [0.15, 0.2) is 60.9 Å². The third-order valence-electron chi connectivity index (χ3n) is 5.76. The van der Waals surface area contributed by atoms with E-state index in [9.17, 15) is 13.2 Å². The molecule has 0 spiro atoms. The molecule has 0 aliphatic rings. The number of methoxy groups -OCH3 is 2. The zero-order valence-electron chi connectivity index (χ0n) is 21.5. The molecule has 0 saturated heterocycles. The molecule has 0 unspecified atom stereocenters. The standard InChI is InChI=1S/C27H28N4O6S/c1-5-27(32)25-12-18(8-9-28-25)26-17-29-23-7-6-19(15-24(23)30-26)31(10-11-37-38(4,33)34)20-13-21(35-2)16-22(14-20)36-3/h6-9,12-17H,5,10-11H2,1-4H3. The smallest absolute Gasteiger partial charge is 0.264 e. The van der Waals surface area contributed by atoms with Crippen LogP contribution in [-0.2, 0) is 14.3 Å². The summed E-state index contributed by atoms with van der Waals surface area (Å²) in [5.41, 5.74) is 4.43. The molecule has 2 aromatic carbocycles. The fourth-order valence-electron chi connectivity index (χ4n) is 3.87. The predicted octanol–water partition coefficient (Wildman–Crippen LogP) is 4.42. The van der Waals surface area contributed by atoms with Crippen molar-refractivity contribution in [2.45, 2.75) is 13.3 Å². The second-order valence-electron chi connectivity index (χ2n) is 8.38. The number of anilines is 2. The second kappa shape index (κ2) is 11.5. The zero-order chi connectivity index (χ0) is 27.3. The number of Topliss-reactive ketones (excluding diaryl/α,β-unsaturated/α-hetero) is 1. The summed E-state index contributed by atoms with van der Waals surface area (Å²) in [4.78, 5) is 27.5. The maximum Gasteiger partial charge on any atom is 0.264 e. The average molecular weight is 537 g/mol. The molecule has 2 heterocycles. The van der Waals surface area contributed by atoms with Crippen molar-refractivity contribution in [1.29, 1.82) is 0 Å². The third kappa shape index (κ3) is 6.42. The summed E-state index contributed by atoms with van der Waals surface area (Å²) in [7, 11) is -0.506. The summed E-state index contributed by atoms with van der Waals surface area (Å²) >= 11 is 0. The first-order valence-corrected chi connectivity index (χ1v) is 13.6. The Morgan fingerprint density at radius 1 is 0.921 bits per heavy atom. The zero-order valence-corrected chi connectivity index (χ0v) is 22.4. The van der Waals surface area contributed by atoms with Gasteiger partial charge >= 0.3 is 0 Å². The van der Waals surface area contributed by atoms with Gasteiger partial charge < -0.3 is 14.4 Å². The molecule has 0 N–H and O–H groups in total. The van der Waals surface area contributed by atoms with E-state index in [4.69, 9.17) is 18.6 Å². The van der Waals surface area contributed by atoms with Crippen molar-refractivity contribution in [3.05, 3.63) is 66.6 Å². The van der Waals surface area contributed by atoms with Crippen LogP contribution in [0, 0.1) is 0 Å². The molecule has 198 valence electrons. The van der Waals surface area contributed by atoms with Gasteiger partial charge in [0.1, 0.15) is 17.2 Å². The largest absolute Gasteiger partial charge is 0.497 e. The molecule has 4 rings (SSSR count). The molecule has 0 radical (unpaired) electrons. The number of rotatable bonds is 11. The number of aromatic nitrogens is 3. The highest BCUT2D eigenvalue weighted by molar-refractivity contribution is 7.85. The molecule has 11 heteroatoms. The number of carbonyl (C=O) groups is 1. The summed E-state index contributed by atoms with van der Waals surface area (Å²) in [5.74, 6) is 1.10. The van der Waals surface area contributed by atoms with Crippen LogP contribution in [0.4, 0.5) is 11.4 Å². The van der Waals surface area contributed by atoms with Crippen molar-refractivity contribution in [2.75, 3.05) is 38.5 Å². The number of nitrogens with zero attached hydrogens (tertiary/aromatic N) is 4. The molecular weight excluding hydrogens is 508 g/mol. The van der Waals surface area contributed by atoms with Crippen molar-refractivity contribution in [2.24, 2.45) is 0 Å². The van der Waals surface area contributed by atoms with E-state index in [0.717, 1.165) is 17.5 Å². The quantitative estimate of drug-likeness (QED) is 0.201. The van der Waals surface area contributed by atoms with Crippen LogP contribution in [0.5, 0.6) is 11.5 Å². The summed E-state index contributed by atoms with van der Waals surface area (Å²) in [6, 6.07) is 14.4. The molecule has 38 heavy (non-hydrogen) atoms. The van der Waals surface area contributed by atoms with Gasteiger partial charge in [-0.2, -0.15) is 8.42 Å². The van der Waals surface area contributed by atoms with Crippen molar-refractivity contribution in [3.8, 4) is 22.8 Å². The molecule has 0 aliphatic carbocycles. The van der Waals surface area contributed by atoms with Gasteiger partial charge in [0.25, 0.3) is 10.1 Å². The van der Waals surface area contributed by atoms with Crippen LogP contribution < -0.4 is 14.4 Å². The Balaban J connectivity index is 1.77. The van der Waals surface area contributed by atoms with Crippen LogP contribution in [-0.4, -0.2) is 62.8 Å². The van der Waals surface area contributed by atoms with Crippen LogP contribution in [0.25, 0.3) is 22.3 Å². The number of ketones is 1. The van der Waals surface area contributed by atoms with E-state index in [0.29, 0.717) is 46.0 Å². The molecule has 2 aromatic heterocycles. The van der Waals surface area contributed by atoms with Gasteiger partial charge in [0.2, 0.25) is 0 Å². The van der Waals surface area contributed by atoms with Crippen molar-refractivity contribution in [1.82, 2.24) is 15.0 Å². The fraction of sp³-hybridized carbons (Fsp3) is 0.259. The molecule has 0 saturated carbocycles. The van der Waals surface area contributed by atoms with Gasteiger partial charge in [0, 0.05) is 54.3 Å². The maximum absolute atomic E-state index is 12.1. The number of benzene rings is 2. The molecule has 0 amide bonds. The highest BCUT2D eigenvalue weighted by Gasteiger charge is 2.16. The van der Waals surface area contributed by atoms with E-state index in [1.165, 1.54) is 0 Å². The Hall–Kier alpha value is -4.09. The van der Waals surface area contributed by atoms with Crippen LogP contribution in [0.1, 0.15) is 23.8 Å². The lowest BCUT2D eigenvalue weighted by Gasteiger charge is -2.26. The third-order valence-corrected chi connectivity index (χ3v) is 6.35. The van der Waals surface area contributed by atoms with Gasteiger partial charge in [-0.3, -0.25) is 18.9 Å². The van der Waals surface area contributed by atoms with E-state index in [1.807, 2.05) is 35.2 Å². The first kappa shape index (κ1) is 27.0. The molecule has 0 atom stereocenters. The lowest BCUT2D eigenvalue weighted by molar-refractivity contribution is 0.0983. The molecule has 4 aromatic rings. The minimum atomic E-state index is -3.62. The lowest BCUT2D eigenvalue weighted by atomic mass is 10.1. The highest BCUT2D eigenvalue weighted by Crippen LogP contribution is 2.34. The van der Waals surface area contributed by atoms with Crippen molar-refractivity contribution in [3.63, 3.8) is 0 Å². The van der Waals surface area contributed by atoms with Gasteiger partial charge in [0.05, 0.1) is 50.0 Å². The van der Waals surface area contributed by atoms with E-state index in [-0.39, 0.29) is 18.9 Å². The van der Waals surface area contributed by atoms with Gasteiger partial charge in [-0.1, -0.05) is 6.92 Å². The van der Waals surface area contributed by atoms with Gasteiger partial charge in [-0.25, -0.2) is 4.98 Å². The van der Waals surface area contributed by atoms with Gasteiger partial charge in [-0.15, -0.1) is 0 Å². The Bertz CT molecular complexity index is 1550. The second-order valence-corrected chi connectivity index (χ2v) is 10.0.